The third-order valence-electron chi connectivity index (χ3n) is 2.16. The zero-order valence-corrected chi connectivity index (χ0v) is 10.5. The van der Waals surface area contributed by atoms with Gasteiger partial charge in [0, 0.05) is 0 Å². The van der Waals surface area contributed by atoms with Crippen LogP contribution in [0.1, 0.15) is 33.6 Å². The highest BCUT2D eigenvalue weighted by Gasteiger charge is 2.01. The molecule has 16 heavy (non-hydrogen) atoms. The van der Waals surface area contributed by atoms with Crippen molar-refractivity contribution in [3.05, 3.63) is 23.1 Å². The molecule has 0 aromatic carbocycles. The second-order valence-corrected chi connectivity index (χ2v) is 4.13. The minimum absolute atomic E-state index is 0.186. The molecule has 0 aromatic rings. The van der Waals surface area contributed by atoms with Crippen molar-refractivity contribution in [2.24, 2.45) is 5.92 Å². The zero-order chi connectivity index (χ0) is 12.4. The Hall–Kier alpha value is -1.21. The van der Waals surface area contributed by atoms with E-state index in [-0.39, 0.29) is 5.70 Å². The molecule has 4 nitrogen and oxygen atoms in total. The number of nitrogens with zero attached hydrogens (tertiary/aromatic N) is 1. The maximum Gasteiger partial charge on any atom is 0.239 e. The molecule has 0 radical (unpaired) electrons. The highest BCUT2D eigenvalue weighted by Crippen LogP contribution is 2.05. The number of hydrogen-bond donors (Lipinski definition) is 1. The molecule has 0 saturated heterocycles. The number of rotatable bonds is 8. The van der Waals surface area contributed by atoms with E-state index in [4.69, 9.17) is 11.3 Å². The quantitative estimate of drug-likeness (QED) is 0.371. The van der Waals surface area contributed by atoms with Crippen molar-refractivity contribution in [1.29, 1.82) is 0 Å². The van der Waals surface area contributed by atoms with Crippen LogP contribution in [0.5, 0.6) is 0 Å². The second-order valence-electron chi connectivity index (χ2n) is 4.13. The van der Waals surface area contributed by atoms with Gasteiger partial charge in [-0.3, -0.25) is 0 Å². The van der Waals surface area contributed by atoms with Crippen LogP contribution >= 0.6 is 0 Å². The van der Waals surface area contributed by atoms with Crippen molar-refractivity contribution >= 4 is 0 Å². The summed E-state index contributed by atoms with van der Waals surface area (Å²) in [7, 11) is 0. The molecule has 0 spiro atoms. The fourth-order valence-electron chi connectivity index (χ4n) is 1.20. The van der Waals surface area contributed by atoms with Crippen LogP contribution < -0.4 is 10.4 Å². The predicted molar refractivity (Wildman–Crippen MR) is 61.0 cm³/mol. The van der Waals surface area contributed by atoms with E-state index in [0.717, 1.165) is 19.4 Å². The van der Waals surface area contributed by atoms with Crippen LogP contribution in [-0.4, -0.2) is 19.7 Å². The Morgan fingerprint density at radius 2 is 2.19 bits per heavy atom. The van der Waals surface area contributed by atoms with Crippen LogP contribution in [-0.2, 0) is 4.74 Å². The molecular weight excluding hydrogens is 204 g/mol. The molecule has 0 heterocycles. The predicted octanol–water partition coefficient (Wildman–Crippen LogP) is 0.471. The topological polar surface area (TPSA) is 53.3 Å². The first kappa shape index (κ1) is 14.8. The monoisotopic (exact) mass is 226 g/mol. The summed E-state index contributed by atoms with van der Waals surface area (Å²) >= 11 is 0. The third-order valence-corrected chi connectivity index (χ3v) is 2.16. The molecule has 4 heteroatoms. The minimum Gasteiger partial charge on any atom is -0.622 e. The number of hydrogen-bond acceptors (Lipinski definition) is 2. The Kier molecular flexibility index (Phi) is 8.36. The lowest BCUT2D eigenvalue weighted by molar-refractivity contribution is -0.644. The third kappa shape index (κ3) is 7.13. The number of quaternary nitrogens is 1. The molecule has 0 rings (SSSR count). The van der Waals surface area contributed by atoms with Gasteiger partial charge in [-0.1, -0.05) is 20.3 Å². The highest BCUT2D eigenvalue weighted by molar-refractivity contribution is 5.09. The van der Waals surface area contributed by atoms with Crippen molar-refractivity contribution in [3.63, 3.8) is 0 Å². The zero-order valence-electron chi connectivity index (χ0n) is 10.5. The second kappa shape index (κ2) is 9.05. The summed E-state index contributed by atoms with van der Waals surface area (Å²) in [6.45, 7) is 14.8. The van der Waals surface area contributed by atoms with E-state index < -0.39 is 5.95 Å². The molecule has 0 aliphatic carbocycles. The molecule has 0 aliphatic heterocycles. The molecule has 0 aliphatic rings. The first-order valence-electron chi connectivity index (χ1n) is 5.83. The Morgan fingerprint density at radius 1 is 1.50 bits per heavy atom. The summed E-state index contributed by atoms with van der Waals surface area (Å²) in [4.78, 5) is 3.20. The summed E-state index contributed by atoms with van der Waals surface area (Å²) in [5, 5.41) is 13.3. The largest absolute Gasteiger partial charge is 0.622 e. The summed E-state index contributed by atoms with van der Waals surface area (Å²) in [5.41, 5.74) is 0.186. The van der Waals surface area contributed by atoms with Gasteiger partial charge in [0.15, 0.2) is 0 Å². The van der Waals surface area contributed by atoms with Gasteiger partial charge in [-0.2, -0.15) is 0 Å². The van der Waals surface area contributed by atoms with Gasteiger partial charge in [0.25, 0.3) is 0 Å². The number of nitrogens with two attached hydrogens (primary N) is 1. The van der Waals surface area contributed by atoms with E-state index in [2.05, 4.69) is 18.7 Å². The molecular formula is C12H22N2O2. The fourth-order valence-corrected chi connectivity index (χ4v) is 1.20. The SMILES string of the molecule is [C-]#[N+]C(C[NH2+]CC)=C([O-])OCCCC(C)C. The number of likely N-dealkylation sites (N-methyl/N-ethyl adjacent to an activating group) is 1. The van der Waals surface area contributed by atoms with Crippen LogP contribution in [0, 0.1) is 12.5 Å². The van der Waals surface area contributed by atoms with Gasteiger partial charge in [0.2, 0.25) is 5.70 Å². The molecule has 0 saturated carbocycles. The summed E-state index contributed by atoms with van der Waals surface area (Å²) < 4.78 is 5.03. The number of ether oxygens (including phenoxy) is 1. The van der Waals surface area contributed by atoms with Gasteiger partial charge < -0.3 is 15.2 Å². The van der Waals surface area contributed by atoms with Crippen LogP contribution in [0.2, 0.25) is 0 Å². The van der Waals surface area contributed by atoms with Gasteiger partial charge in [0.05, 0.1) is 19.1 Å². The van der Waals surface area contributed by atoms with Crippen molar-refractivity contribution in [2.45, 2.75) is 33.6 Å². The smallest absolute Gasteiger partial charge is 0.239 e. The summed E-state index contributed by atoms with van der Waals surface area (Å²) in [5.74, 6) is 0.167. The summed E-state index contributed by atoms with van der Waals surface area (Å²) in [6, 6.07) is 0. The first-order valence-corrected chi connectivity index (χ1v) is 5.83. The van der Waals surface area contributed by atoms with Crippen molar-refractivity contribution < 1.29 is 15.2 Å². The average Bonchev–Trinajstić information content (AvgIpc) is 2.25. The van der Waals surface area contributed by atoms with E-state index in [0.29, 0.717) is 19.1 Å². The minimum atomic E-state index is -0.455. The van der Waals surface area contributed by atoms with Crippen molar-refractivity contribution in [3.8, 4) is 0 Å². The molecule has 0 bridgehead atoms. The van der Waals surface area contributed by atoms with Crippen LogP contribution in [0.3, 0.4) is 0 Å². The Balaban J connectivity index is 3.93. The maximum absolute atomic E-state index is 11.4. The molecule has 0 fully saturated rings. The molecule has 0 atom stereocenters. The Labute approximate surface area is 98.1 Å². The summed E-state index contributed by atoms with van der Waals surface area (Å²) in [6.07, 6.45) is 1.91. The van der Waals surface area contributed by atoms with Crippen LogP contribution in [0.25, 0.3) is 4.85 Å². The van der Waals surface area contributed by atoms with Crippen molar-refractivity contribution in [2.75, 3.05) is 19.7 Å². The maximum atomic E-state index is 11.4. The van der Waals surface area contributed by atoms with Crippen molar-refractivity contribution in [1.82, 2.24) is 0 Å². The first-order chi connectivity index (χ1) is 7.61. The van der Waals surface area contributed by atoms with Gasteiger partial charge in [-0.05, 0) is 25.9 Å². The molecule has 92 valence electrons. The normalized spacial score (nSPS) is 12.2. The van der Waals surface area contributed by atoms with Gasteiger partial charge in [-0.15, -0.1) is 0 Å². The lowest BCUT2D eigenvalue weighted by Gasteiger charge is -2.17. The van der Waals surface area contributed by atoms with Gasteiger partial charge >= 0.3 is 0 Å². The van der Waals surface area contributed by atoms with E-state index in [1.807, 2.05) is 12.2 Å². The Morgan fingerprint density at radius 3 is 2.69 bits per heavy atom. The van der Waals surface area contributed by atoms with E-state index >= 15 is 0 Å². The molecule has 2 N–H and O–H groups in total. The van der Waals surface area contributed by atoms with Gasteiger partial charge in [-0.25, -0.2) is 4.85 Å². The standard InChI is InChI=1S/C12H22N2O2/c1-5-14-9-11(13-4)12(15)16-8-6-7-10(2)3/h10,14-15H,5-9H2,1-3H3. The lowest BCUT2D eigenvalue weighted by atomic mass is 10.1. The van der Waals surface area contributed by atoms with Crippen LogP contribution in [0.15, 0.2) is 11.6 Å². The highest BCUT2D eigenvalue weighted by atomic mass is 16.6. The lowest BCUT2D eigenvalue weighted by Crippen LogP contribution is -2.84. The van der Waals surface area contributed by atoms with E-state index in [1.54, 1.807) is 0 Å². The van der Waals surface area contributed by atoms with Crippen LogP contribution in [0.4, 0.5) is 0 Å². The Bertz CT molecular complexity index is 254. The molecule has 0 amide bonds. The van der Waals surface area contributed by atoms with Gasteiger partial charge in [0.1, 0.15) is 6.54 Å². The molecule has 0 aromatic heterocycles. The van der Waals surface area contributed by atoms with E-state index in [9.17, 15) is 5.11 Å². The average molecular weight is 226 g/mol. The van der Waals surface area contributed by atoms with E-state index in [1.165, 1.54) is 0 Å². The fraction of sp³-hybridized carbons (Fsp3) is 0.750. The molecule has 0 unspecified atom stereocenters.